The molecule has 1 heterocycles. The molecule has 0 aromatic heterocycles. The molecule has 1 N–H and O–H groups in total. The Balaban J connectivity index is 1.56. The van der Waals surface area contributed by atoms with Gasteiger partial charge in [0.05, 0.1) is 44.5 Å². The average molecular weight is 386 g/mol. The van der Waals surface area contributed by atoms with E-state index in [0.717, 1.165) is 63.3 Å². The van der Waals surface area contributed by atoms with Crippen molar-refractivity contribution in [2.75, 3.05) is 51.3 Å². The molecule has 2 aliphatic rings. The zero-order valence-electron chi connectivity index (χ0n) is 17.2. The number of piperazine rings is 1. The first-order chi connectivity index (χ1) is 13.6. The van der Waals surface area contributed by atoms with E-state index < -0.39 is 5.54 Å². The first kappa shape index (κ1) is 20.5. The van der Waals surface area contributed by atoms with E-state index in [0.29, 0.717) is 13.2 Å². The van der Waals surface area contributed by atoms with E-state index >= 15 is 0 Å². The quantitative estimate of drug-likeness (QED) is 0.806. The lowest BCUT2D eigenvalue weighted by Crippen LogP contribution is -3.16. The Bertz CT molecular complexity index is 701. The number of nitrogens with one attached hydrogen (secondary N) is 1. The van der Waals surface area contributed by atoms with Crippen molar-refractivity contribution in [2.45, 2.75) is 44.6 Å². The summed E-state index contributed by atoms with van der Waals surface area (Å²) in [7, 11) is 1.82. The maximum atomic E-state index is 12.9. The zero-order chi connectivity index (χ0) is 20.0. The summed E-state index contributed by atoms with van der Waals surface area (Å²) in [5, 5.41) is 9.73. The molecule has 3 rings (SSSR count). The molecule has 1 saturated heterocycles. The van der Waals surface area contributed by atoms with E-state index in [2.05, 4.69) is 17.0 Å². The van der Waals surface area contributed by atoms with Crippen LogP contribution in [0.4, 0.5) is 5.69 Å². The first-order valence-electron chi connectivity index (χ1n) is 10.6. The van der Waals surface area contributed by atoms with Gasteiger partial charge in [-0.05, 0) is 31.9 Å². The Morgan fingerprint density at radius 2 is 1.93 bits per heavy atom. The molecule has 1 aliphatic carbocycles. The van der Waals surface area contributed by atoms with E-state index in [-0.39, 0.29) is 5.91 Å². The van der Waals surface area contributed by atoms with E-state index in [1.165, 1.54) is 11.3 Å². The second kappa shape index (κ2) is 9.29. The van der Waals surface area contributed by atoms with Crippen LogP contribution in [0.5, 0.6) is 5.75 Å². The number of ether oxygens (including phenoxy) is 1. The normalized spacial score (nSPS) is 19.7. The van der Waals surface area contributed by atoms with Gasteiger partial charge in [0, 0.05) is 7.05 Å². The fourth-order valence-corrected chi connectivity index (χ4v) is 4.47. The number of rotatable bonds is 6. The van der Waals surface area contributed by atoms with Gasteiger partial charge in [0.1, 0.15) is 11.3 Å². The summed E-state index contributed by atoms with van der Waals surface area (Å²) in [6.07, 6.45) is 4.86. The molecule has 1 saturated carbocycles. The average Bonchev–Trinajstić information content (AvgIpc) is 2.75. The molecule has 28 heavy (non-hydrogen) atoms. The number of para-hydroxylation sites is 2. The topological polar surface area (TPSA) is 61.0 Å². The molecule has 0 atom stereocenters. The van der Waals surface area contributed by atoms with Gasteiger partial charge in [-0.25, -0.2) is 0 Å². The SMILES string of the molecule is CCOc1ccccc1N1CC[NH+](CC(=O)N(C)C2(C#N)CCCCC2)CC1. The standard InChI is InChI=1S/C22H32N4O2/c1-3-28-20-10-6-5-9-19(20)26-15-13-25(14-16-26)17-21(27)24(2)22(18-23)11-7-4-8-12-22/h5-6,9-10H,3-4,7-8,11-17H2,1-2H3/p+1. The van der Waals surface area contributed by atoms with Gasteiger partial charge < -0.3 is 19.4 Å². The van der Waals surface area contributed by atoms with Crippen LogP contribution in [-0.4, -0.2) is 62.7 Å². The van der Waals surface area contributed by atoms with Crippen molar-refractivity contribution in [3.8, 4) is 11.8 Å². The number of nitrogens with zero attached hydrogens (tertiary/aromatic N) is 3. The summed E-state index contributed by atoms with van der Waals surface area (Å²) in [6.45, 7) is 6.77. The number of benzene rings is 1. The smallest absolute Gasteiger partial charge is 0.278 e. The number of hydrogen-bond acceptors (Lipinski definition) is 4. The number of anilines is 1. The van der Waals surface area contributed by atoms with Crippen LogP contribution in [0, 0.1) is 11.3 Å². The van der Waals surface area contributed by atoms with Gasteiger partial charge >= 0.3 is 0 Å². The Morgan fingerprint density at radius 1 is 1.25 bits per heavy atom. The van der Waals surface area contributed by atoms with Crippen LogP contribution in [-0.2, 0) is 4.79 Å². The number of likely N-dealkylation sites (N-methyl/N-ethyl adjacent to an activating group) is 1. The van der Waals surface area contributed by atoms with E-state index in [4.69, 9.17) is 4.74 Å². The largest absolute Gasteiger partial charge is 0.492 e. The molecular formula is C22H33N4O2+. The van der Waals surface area contributed by atoms with Gasteiger partial charge in [0.2, 0.25) is 0 Å². The molecule has 152 valence electrons. The summed E-state index contributed by atoms with van der Waals surface area (Å²) in [6, 6.07) is 10.6. The van der Waals surface area contributed by atoms with Crippen molar-refractivity contribution in [3.05, 3.63) is 24.3 Å². The van der Waals surface area contributed by atoms with Crippen molar-refractivity contribution >= 4 is 11.6 Å². The molecule has 6 nitrogen and oxygen atoms in total. The van der Waals surface area contributed by atoms with Crippen LogP contribution in [0.1, 0.15) is 39.0 Å². The maximum absolute atomic E-state index is 12.9. The summed E-state index contributed by atoms with van der Waals surface area (Å²) in [4.78, 5) is 18.3. The molecule has 0 unspecified atom stereocenters. The molecule has 1 aliphatic heterocycles. The Kier molecular flexibility index (Phi) is 6.79. The zero-order valence-corrected chi connectivity index (χ0v) is 17.2. The van der Waals surface area contributed by atoms with Gasteiger partial charge in [0.15, 0.2) is 6.54 Å². The maximum Gasteiger partial charge on any atom is 0.278 e. The minimum absolute atomic E-state index is 0.0987. The predicted molar refractivity (Wildman–Crippen MR) is 110 cm³/mol. The van der Waals surface area contributed by atoms with Crippen LogP contribution in [0.15, 0.2) is 24.3 Å². The number of amides is 1. The summed E-state index contributed by atoms with van der Waals surface area (Å²) in [5.74, 6) is 1.03. The van der Waals surface area contributed by atoms with Crippen molar-refractivity contribution in [1.29, 1.82) is 5.26 Å². The highest BCUT2D eigenvalue weighted by atomic mass is 16.5. The Morgan fingerprint density at radius 3 is 2.57 bits per heavy atom. The summed E-state index contributed by atoms with van der Waals surface area (Å²) >= 11 is 0. The van der Waals surface area contributed by atoms with Crippen molar-refractivity contribution < 1.29 is 14.4 Å². The summed E-state index contributed by atoms with van der Waals surface area (Å²) < 4.78 is 5.76. The third kappa shape index (κ3) is 4.41. The minimum atomic E-state index is -0.590. The number of nitriles is 1. The minimum Gasteiger partial charge on any atom is -0.492 e. The van der Waals surface area contributed by atoms with Crippen molar-refractivity contribution in [3.63, 3.8) is 0 Å². The van der Waals surface area contributed by atoms with Gasteiger partial charge in [-0.3, -0.25) is 4.79 Å². The molecular weight excluding hydrogens is 352 g/mol. The molecule has 6 heteroatoms. The second-order valence-electron chi connectivity index (χ2n) is 7.97. The number of carbonyl (C=O) groups is 1. The van der Waals surface area contributed by atoms with Crippen LogP contribution in [0.3, 0.4) is 0 Å². The van der Waals surface area contributed by atoms with E-state index in [9.17, 15) is 10.1 Å². The van der Waals surface area contributed by atoms with Crippen LogP contribution in [0.25, 0.3) is 0 Å². The van der Waals surface area contributed by atoms with E-state index in [1.807, 2.05) is 32.2 Å². The molecule has 0 spiro atoms. The Labute approximate surface area is 168 Å². The third-order valence-electron chi connectivity index (χ3n) is 6.28. The van der Waals surface area contributed by atoms with Crippen molar-refractivity contribution in [1.82, 2.24) is 4.90 Å². The highest BCUT2D eigenvalue weighted by Gasteiger charge is 2.40. The number of carbonyl (C=O) groups excluding carboxylic acids is 1. The monoisotopic (exact) mass is 385 g/mol. The van der Waals surface area contributed by atoms with Gasteiger partial charge in [-0.15, -0.1) is 0 Å². The number of quaternary nitrogens is 1. The van der Waals surface area contributed by atoms with Crippen molar-refractivity contribution in [2.24, 2.45) is 0 Å². The lowest BCUT2D eigenvalue weighted by atomic mass is 9.81. The third-order valence-corrected chi connectivity index (χ3v) is 6.28. The lowest BCUT2D eigenvalue weighted by Gasteiger charge is -2.40. The lowest BCUT2D eigenvalue weighted by molar-refractivity contribution is -0.892. The van der Waals surface area contributed by atoms with Gasteiger partial charge in [-0.1, -0.05) is 31.4 Å². The molecule has 0 radical (unpaired) electrons. The molecule has 1 aromatic rings. The molecule has 1 aromatic carbocycles. The highest BCUT2D eigenvalue weighted by Crippen LogP contribution is 2.32. The fraction of sp³-hybridized carbons (Fsp3) is 0.636. The Hall–Kier alpha value is -2.26. The molecule has 1 amide bonds. The summed E-state index contributed by atoms with van der Waals surface area (Å²) in [5.41, 5.74) is 0.546. The number of hydrogen-bond donors (Lipinski definition) is 1. The predicted octanol–water partition coefficient (Wildman–Crippen LogP) is 1.48. The van der Waals surface area contributed by atoms with Gasteiger partial charge in [-0.2, -0.15) is 5.26 Å². The van der Waals surface area contributed by atoms with Crippen LogP contribution in [0.2, 0.25) is 0 Å². The second-order valence-corrected chi connectivity index (χ2v) is 7.97. The van der Waals surface area contributed by atoms with Crippen LogP contribution >= 0.6 is 0 Å². The van der Waals surface area contributed by atoms with E-state index in [1.54, 1.807) is 4.90 Å². The fourth-order valence-electron chi connectivity index (χ4n) is 4.47. The van der Waals surface area contributed by atoms with Crippen LogP contribution < -0.4 is 14.5 Å². The van der Waals surface area contributed by atoms with Gasteiger partial charge in [0.25, 0.3) is 5.91 Å². The first-order valence-corrected chi connectivity index (χ1v) is 10.6. The molecule has 0 bridgehead atoms. The highest BCUT2D eigenvalue weighted by molar-refractivity contribution is 5.78. The molecule has 2 fully saturated rings.